The van der Waals surface area contributed by atoms with Crippen molar-refractivity contribution in [2.45, 2.75) is 5.92 Å². The van der Waals surface area contributed by atoms with Gasteiger partial charge in [-0.05, 0) is 6.07 Å². The van der Waals surface area contributed by atoms with E-state index >= 15 is 0 Å². The van der Waals surface area contributed by atoms with E-state index in [9.17, 15) is 14.4 Å². The molecule has 0 amide bonds. The topological polar surface area (TPSA) is 110 Å². The van der Waals surface area contributed by atoms with Crippen molar-refractivity contribution in [1.82, 2.24) is 9.13 Å². The van der Waals surface area contributed by atoms with Crippen LogP contribution >= 0.6 is 0 Å². The molecule has 0 unspecified atom stereocenters. The van der Waals surface area contributed by atoms with Crippen LogP contribution in [0.15, 0.2) is 33.0 Å². The summed E-state index contributed by atoms with van der Waals surface area (Å²) in [6.07, 6.45) is 0. The van der Waals surface area contributed by atoms with Gasteiger partial charge in [0, 0.05) is 25.7 Å². The fraction of sp³-hybridized carbons (Fsp3) is 0.350. The number of methoxy groups -OCH3 is 3. The van der Waals surface area contributed by atoms with Crippen LogP contribution in [0.4, 0.5) is 5.82 Å². The Hall–Kier alpha value is -3.69. The number of fused-ring (bicyclic) bond motifs is 1. The van der Waals surface area contributed by atoms with E-state index in [4.69, 9.17) is 18.9 Å². The predicted molar refractivity (Wildman–Crippen MR) is 106 cm³/mol. The lowest BCUT2D eigenvalue weighted by Crippen LogP contribution is -2.43. The van der Waals surface area contributed by atoms with E-state index in [1.807, 2.05) is 0 Å². The van der Waals surface area contributed by atoms with Crippen molar-refractivity contribution >= 4 is 11.8 Å². The summed E-state index contributed by atoms with van der Waals surface area (Å²) < 4.78 is 23.9. The Morgan fingerprint density at radius 3 is 2.23 bits per heavy atom. The summed E-state index contributed by atoms with van der Waals surface area (Å²) in [6, 6.07) is 3.29. The maximum Gasteiger partial charge on any atom is 0.337 e. The molecule has 0 fully saturated rings. The molecule has 1 aromatic heterocycles. The molecule has 0 bridgehead atoms. The molecule has 1 N–H and O–H groups in total. The second-order valence-electron chi connectivity index (χ2n) is 6.94. The molecule has 10 nitrogen and oxygen atoms in total. The third-order valence-electron chi connectivity index (χ3n) is 5.49. The first-order valence-corrected chi connectivity index (χ1v) is 9.11. The van der Waals surface area contributed by atoms with Gasteiger partial charge in [-0.25, -0.2) is 9.59 Å². The number of nitrogens with one attached hydrogen (secondary N) is 1. The van der Waals surface area contributed by atoms with Gasteiger partial charge in [0.05, 0.1) is 44.1 Å². The molecule has 0 saturated heterocycles. The molecule has 1 atom stereocenters. The fourth-order valence-corrected chi connectivity index (χ4v) is 3.97. The van der Waals surface area contributed by atoms with E-state index in [-0.39, 0.29) is 12.2 Å². The number of aromatic nitrogens is 2. The molecule has 0 aliphatic carbocycles. The van der Waals surface area contributed by atoms with Gasteiger partial charge in [-0.3, -0.25) is 13.9 Å². The van der Waals surface area contributed by atoms with Crippen molar-refractivity contribution in [2.24, 2.45) is 14.1 Å². The summed E-state index contributed by atoms with van der Waals surface area (Å²) in [5, 5.41) is 3.04. The van der Waals surface area contributed by atoms with Crippen LogP contribution < -0.4 is 30.8 Å². The second kappa shape index (κ2) is 6.97. The minimum absolute atomic E-state index is 0.0170. The van der Waals surface area contributed by atoms with E-state index in [2.05, 4.69) is 5.32 Å². The van der Waals surface area contributed by atoms with Crippen LogP contribution in [0.25, 0.3) is 0 Å². The maximum absolute atomic E-state index is 13.2. The molecule has 3 heterocycles. The molecule has 2 aliphatic heterocycles. The third kappa shape index (κ3) is 2.60. The minimum Gasteiger partial charge on any atom is -0.496 e. The number of ether oxygens (including phenoxy) is 4. The molecule has 0 radical (unpaired) electrons. The Labute approximate surface area is 171 Å². The van der Waals surface area contributed by atoms with Gasteiger partial charge in [0.1, 0.15) is 18.2 Å². The first-order chi connectivity index (χ1) is 14.3. The molecule has 10 heteroatoms. The lowest BCUT2D eigenvalue weighted by Gasteiger charge is -2.29. The molecule has 0 spiro atoms. The Kier molecular flexibility index (Phi) is 4.56. The van der Waals surface area contributed by atoms with Crippen LogP contribution in [-0.4, -0.2) is 43.0 Å². The van der Waals surface area contributed by atoms with Crippen molar-refractivity contribution in [3.8, 4) is 17.2 Å². The first kappa shape index (κ1) is 19.6. The van der Waals surface area contributed by atoms with Gasteiger partial charge >= 0.3 is 11.7 Å². The zero-order chi connectivity index (χ0) is 21.7. The van der Waals surface area contributed by atoms with Crippen LogP contribution in [0, 0.1) is 0 Å². The quantitative estimate of drug-likeness (QED) is 0.718. The molecule has 0 saturated carbocycles. The Balaban J connectivity index is 2.11. The zero-order valence-corrected chi connectivity index (χ0v) is 17.2. The summed E-state index contributed by atoms with van der Waals surface area (Å²) in [7, 11) is 7.41. The van der Waals surface area contributed by atoms with E-state index in [1.54, 1.807) is 19.2 Å². The van der Waals surface area contributed by atoms with Crippen LogP contribution in [0.3, 0.4) is 0 Å². The smallest absolute Gasteiger partial charge is 0.337 e. The van der Waals surface area contributed by atoms with Gasteiger partial charge in [-0.2, -0.15) is 0 Å². The molecule has 30 heavy (non-hydrogen) atoms. The van der Waals surface area contributed by atoms with Gasteiger partial charge in [0.25, 0.3) is 5.56 Å². The highest BCUT2D eigenvalue weighted by Crippen LogP contribution is 2.47. The number of cyclic esters (lactones) is 1. The molecule has 4 rings (SSSR count). The van der Waals surface area contributed by atoms with E-state index in [1.165, 1.54) is 32.9 Å². The highest BCUT2D eigenvalue weighted by atomic mass is 16.5. The molecular formula is C20H21N3O7. The summed E-state index contributed by atoms with van der Waals surface area (Å²) in [5.74, 6) is 0.176. The van der Waals surface area contributed by atoms with Crippen molar-refractivity contribution in [1.29, 1.82) is 0 Å². The Morgan fingerprint density at radius 2 is 1.60 bits per heavy atom. The Morgan fingerprint density at radius 1 is 0.967 bits per heavy atom. The number of rotatable bonds is 4. The number of hydrogen-bond acceptors (Lipinski definition) is 8. The zero-order valence-electron chi connectivity index (χ0n) is 17.2. The largest absolute Gasteiger partial charge is 0.496 e. The van der Waals surface area contributed by atoms with Crippen LogP contribution in [-0.2, 0) is 23.6 Å². The van der Waals surface area contributed by atoms with Crippen LogP contribution in [0.1, 0.15) is 17.0 Å². The SMILES string of the molecule is COc1cc(OC)c([C@@H]2C3=C(COC3=O)Nc3c2c(=O)n(C)c(=O)n3C)cc1OC. The van der Waals surface area contributed by atoms with Gasteiger partial charge in [0.2, 0.25) is 0 Å². The third-order valence-corrected chi connectivity index (χ3v) is 5.49. The lowest BCUT2D eigenvalue weighted by molar-refractivity contribution is -0.136. The molecule has 2 aliphatic rings. The lowest BCUT2D eigenvalue weighted by atomic mass is 9.82. The summed E-state index contributed by atoms with van der Waals surface area (Å²) in [6.45, 7) is 0.0170. The average Bonchev–Trinajstić information content (AvgIpc) is 3.14. The number of anilines is 1. The van der Waals surface area contributed by atoms with E-state index < -0.39 is 23.1 Å². The number of carbonyl (C=O) groups excluding carboxylic acids is 1. The summed E-state index contributed by atoms with van der Waals surface area (Å²) in [4.78, 5) is 38.3. The molecule has 158 valence electrons. The van der Waals surface area contributed by atoms with Gasteiger partial charge in [-0.15, -0.1) is 0 Å². The minimum atomic E-state index is -0.827. The summed E-state index contributed by atoms with van der Waals surface area (Å²) >= 11 is 0. The maximum atomic E-state index is 13.2. The van der Waals surface area contributed by atoms with E-state index in [0.717, 1.165) is 4.57 Å². The highest BCUT2D eigenvalue weighted by molar-refractivity contribution is 5.97. The van der Waals surface area contributed by atoms with Crippen molar-refractivity contribution in [2.75, 3.05) is 33.3 Å². The van der Waals surface area contributed by atoms with Gasteiger partial charge < -0.3 is 24.3 Å². The number of hydrogen-bond donors (Lipinski definition) is 1. The standard InChI is InChI=1S/C20H21N3O7/c1-22-17-16(18(24)23(2)20(22)26)14(15-10(21-17)8-30-19(15)25)9-6-12(28-4)13(29-5)7-11(9)27-3/h6-7,14,21H,8H2,1-5H3/t14-/m1/s1. The van der Waals surface area contributed by atoms with Crippen LogP contribution in [0.5, 0.6) is 17.2 Å². The molecular weight excluding hydrogens is 394 g/mol. The normalized spacial score (nSPS) is 17.1. The monoisotopic (exact) mass is 415 g/mol. The average molecular weight is 415 g/mol. The number of esters is 1. The molecule has 1 aromatic carbocycles. The van der Waals surface area contributed by atoms with Gasteiger partial charge in [0.15, 0.2) is 11.5 Å². The Bertz CT molecular complexity index is 1220. The van der Waals surface area contributed by atoms with Crippen molar-refractivity contribution < 1.29 is 23.7 Å². The van der Waals surface area contributed by atoms with Crippen LogP contribution in [0.2, 0.25) is 0 Å². The summed E-state index contributed by atoms with van der Waals surface area (Å²) in [5.41, 5.74) is 0.538. The van der Waals surface area contributed by atoms with Gasteiger partial charge in [-0.1, -0.05) is 0 Å². The molecule has 2 aromatic rings. The number of benzene rings is 1. The predicted octanol–water partition coefficient (Wildman–Crippen LogP) is 0.478. The first-order valence-electron chi connectivity index (χ1n) is 9.11. The number of carbonyl (C=O) groups is 1. The highest BCUT2D eigenvalue weighted by Gasteiger charge is 2.43. The second-order valence-corrected chi connectivity index (χ2v) is 6.94. The van der Waals surface area contributed by atoms with Crippen molar-refractivity contribution in [3.05, 3.63) is 55.4 Å². The number of nitrogens with zero attached hydrogens (tertiary/aromatic N) is 2. The van der Waals surface area contributed by atoms with Crippen molar-refractivity contribution in [3.63, 3.8) is 0 Å². The fourth-order valence-electron chi connectivity index (χ4n) is 3.97. The van der Waals surface area contributed by atoms with E-state index in [0.29, 0.717) is 39.9 Å².